The first-order valence-electron chi connectivity index (χ1n) is 15.9. The van der Waals surface area contributed by atoms with Crippen LogP contribution < -0.4 is 9.62 Å². The zero-order valence-electron chi connectivity index (χ0n) is 26.6. The zero-order valence-corrected chi connectivity index (χ0v) is 28.9. The normalized spacial score (nSPS) is 14.2. The molecule has 48 heavy (non-hydrogen) atoms. The molecule has 11 heteroatoms. The van der Waals surface area contributed by atoms with Crippen molar-refractivity contribution in [2.24, 2.45) is 0 Å². The van der Waals surface area contributed by atoms with Gasteiger partial charge in [0.1, 0.15) is 18.4 Å². The van der Waals surface area contributed by atoms with Crippen molar-refractivity contribution in [2.45, 2.75) is 69.0 Å². The SMILES string of the molecule is Cc1ccc(S(=O)(=O)N(CC(=O)N(Cc2ccc(Cl)cc2Cl)[C@H](Cc2ccccc2)C(=O)NC2CCCCC2)c2ccccc2F)cc1. The fourth-order valence-electron chi connectivity index (χ4n) is 5.94. The summed E-state index contributed by atoms with van der Waals surface area (Å²) in [6.45, 7) is 0.921. The van der Waals surface area contributed by atoms with Gasteiger partial charge in [-0.25, -0.2) is 12.8 Å². The number of aryl methyl sites for hydroxylation is 1. The highest BCUT2D eigenvalue weighted by atomic mass is 35.5. The number of nitrogens with one attached hydrogen (secondary N) is 1. The Hall–Kier alpha value is -3.92. The van der Waals surface area contributed by atoms with Gasteiger partial charge in [0.2, 0.25) is 11.8 Å². The van der Waals surface area contributed by atoms with Crippen molar-refractivity contribution < 1.29 is 22.4 Å². The van der Waals surface area contributed by atoms with Gasteiger partial charge in [-0.05, 0) is 67.3 Å². The van der Waals surface area contributed by atoms with Gasteiger partial charge in [0.05, 0.1) is 10.6 Å². The monoisotopic (exact) mass is 709 g/mol. The van der Waals surface area contributed by atoms with Crippen LogP contribution in [0.25, 0.3) is 0 Å². The van der Waals surface area contributed by atoms with E-state index in [0.717, 1.165) is 53.6 Å². The predicted octanol–water partition coefficient (Wildman–Crippen LogP) is 7.73. The number of nitrogens with zero attached hydrogens (tertiary/aromatic N) is 2. The number of hydrogen-bond donors (Lipinski definition) is 1. The summed E-state index contributed by atoms with van der Waals surface area (Å²) in [6, 6.07) is 24.6. The van der Waals surface area contributed by atoms with E-state index in [9.17, 15) is 18.0 Å². The Kier molecular flexibility index (Phi) is 11.8. The fourth-order valence-corrected chi connectivity index (χ4v) is 7.83. The van der Waals surface area contributed by atoms with Gasteiger partial charge < -0.3 is 10.2 Å². The van der Waals surface area contributed by atoms with Crippen molar-refractivity contribution in [1.82, 2.24) is 10.2 Å². The van der Waals surface area contributed by atoms with Crippen molar-refractivity contribution in [3.8, 4) is 0 Å². The highest BCUT2D eigenvalue weighted by Crippen LogP contribution is 2.29. The minimum atomic E-state index is -4.43. The number of hydrogen-bond acceptors (Lipinski definition) is 4. The van der Waals surface area contributed by atoms with Crippen LogP contribution in [0.2, 0.25) is 10.0 Å². The Morgan fingerprint density at radius 2 is 1.56 bits per heavy atom. The van der Waals surface area contributed by atoms with E-state index in [1.165, 1.54) is 35.2 Å². The van der Waals surface area contributed by atoms with Gasteiger partial charge in [0.25, 0.3) is 10.0 Å². The van der Waals surface area contributed by atoms with Crippen molar-refractivity contribution in [3.63, 3.8) is 0 Å². The standard InChI is InChI=1S/C37H38Cl2FN3O4S/c1-26-16-20-31(21-17-26)48(46,47)43(34-15-9-8-14-33(34)40)25-36(44)42(24-28-18-19-29(38)23-32(28)39)35(22-27-10-4-2-5-11-27)37(45)41-30-12-6-3-7-13-30/h2,4-5,8-11,14-21,23,30,35H,3,6-7,12-13,22,24-25H2,1H3,(H,41,45)/t35-/m1/s1. The number of sulfonamides is 1. The Morgan fingerprint density at radius 3 is 2.23 bits per heavy atom. The number of anilines is 1. The third kappa shape index (κ3) is 8.75. The van der Waals surface area contributed by atoms with Crippen molar-refractivity contribution in [1.29, 1.82) is 0 Å². The second-order valence-corrected chi connectivity index (χ2v) is 14.8. The second kappa shape index (κ2) is 16.0. The number of halogens is 3. The van der Waals surface area contributed by atoms with E-state index in [2.05, 4.69) is 5.32 Å². The first-order chi connectivity index (χ1) is 23.0. The van der Waals surface area contributed by atoms with Crippen LogP contribution in [0, 0.1) is 12.7 Å². The molecule has 0 aromatic heterocycles. The highest BCUT2D eigenvalue weighted by Gasteiger charge is 2.36. The lowest BCUT2D eigenvalue weighted by Crippen LogP contribution is -2.55. The van der Waals surface area contributed by atoms with Gasteiger partial charge >= 0.3 is 0 Å². The van der Waals surface area contributed by atoms with E-state index in [1.807, 2.05) is 37.3 Å². The van der Waals surface area contributed by atoms with Gasteiger partial charge in [-0.1, -0.05) is 109 Å². The molecule has 0 aliphatic heterocycles. The van der Waals surface area contributed by atoms with Crippen LogP contribution in [0.1, 0.15) is 48.8 Å². The Morgan fingerprint density at radius 1 is 0.896 bits per heavy atom. The first kappa shape index (κ1) is 35.4. The van der Waals surface area contributed by atoms with E-state index in [4.69, 9.17) is 23.2 Å². The van der Waals surface area contributed by atoms with E-state index in [0.29, 0.717) is 10.6 Å². The van der Waals surface area contributed by atoms with Crippen LogP contribution in [0.5, 0.6) is 0 Å². The van der Waals surface area contributed by atoms with Crippen LogP contribution in [0.15, 0.2) is 102 Å². The molecule has 1 saturated carbocycles. The van der Waals surface area contributed by atoms with E-state index in [-0.39, 0.29) is 40.5 Å². The number of para-hydroxylation sites is 1. The number of carbonyl (C=O) groups excluding carboxylic acids is 2. The quantitative estimate of drug-likeness (QED) is 0.163. The van der Waals surface area contributed by atoms with Gasteiger partial charge in [-0.2, -0.15) is 0 Å². The molecule has 0 heterocycles. The molecular formula is C37H38Cl2FN3O4S. The Labute approximate surface area is 291 Å². The number of benzene rings is 4. The third-order valence-electron chi connectivity index (χ3n) is 8.59. The summed E-state index contributed by atoms with van der Waals surface area (Å²) in [5, 5.41) is 3.84. The van der Waals surface area contributed by atoms with Gasteiger partial charge in [0.15, 0.2) is 0 Å². The van der Waals surface area contributed by atoms with Crippen LogP contribution in [0.3, 0.4) is 0 Å². The summed E-state index contributed by atoms with van der Waals surface area (Å²) in [5.74, 6) is -1.88. The molecule has 5 rings (SSSR count). The Balaban J connectivity index is 1.59. The molecule has 0 bridgehead atoms. The lowest BCUT2D eigenvalue weighted by Gasteiger charge is -2.35. The molecule has 1 fully saturated rings. The summed E-state index contributed by atoms with van der Waals surface area (Å²) >= 11 is 12.8. The molecule has 2 amide bonds. The molecule has 1 aliphatic rings. The highest BCUT2D eigenvalue weighted by molar-refractivity contribution is 7.92. The third-order valence-corrected chi connectivity index (χ3v) is 10.9. The smallest absolute Gasteiger partial charge is 0.264 e. The summed E-state index contributed by atoms with van der Waals surface area (Å²) in [7, 11) is -4.43. The van der Waals surface area contributed by atoms with Gasteiger partial charge in [-0.15, -0.1) is 0 Å². The summed E-state index contributed by atoms with van der Waals surface area (Å²) < 4.78 is 44.4. The maximum atomic E-state index is 15.3. The minimum absolute atomic E-state index is 0.0441. The molecule has 1 N–H and O–H groups in total. The molecule has 1 atom stereocenters. The molecule has 4 aromatic rings. The lowest BCUT2D eigenvalue weighted by molar-refractivity contribution is -0.140. The molecule has 0 unspecified atom stereocenters. The fraction of sp³-hybridized carbons (Fsp3) is 0.297. The van der Waals surface area contributed by atoms with E-state index >= 15 is 4.39 Å². The van der Waals surface area contributed by atoms with Gasteiger partial charge in [0, 0.05) is 29.1 Å². The second-order valence-electron chi connectivity index (χ2n) is 12.1. The number of rotatable bonds is 12. The average Bonchev–Trinajstić information content (AvgIpc) is 3.07. The summed E-state index contributed by atoms with van der Waals surface area (Å²) in [4.78, 5) is 30.1. The van der Waals surface area contributed by atoms with Crippen molar-refractivity contribution in [3.05, 3.63) is 130 Å². The average molecular weight is 711 g/mol. The maximum absolute atomic E-state index is 15.3. The first-order valence-corrected chi connectivity index (χ1v) is 18.1. The van der Waals surface area contributed by atoms with Gasteiger partial charge in [-0.3, -0.25) is 13.9 Å². The largest absolute Gasteiger partial charge is 0.352 e. The Bertz CT molecular complexity index is 1840. The molecule has 1 aliphatic carbocycles. The molecule has 4 aromatic carbocycles. The molecule has 0 radical (unpaired) electrons. The molecule has 0 saturated heterocycles. The molecule has 7 nitrogen and oxygen atoms in total. The lowest BCUT2D eigenvalue weighted by atomic mass is 9.94. The molecular weight excluding hydrogens is 672 g/mol. The van der Waals surface area contributed by atoms with Crippen molar-refractivity contribution in [2.75, 3.05) is 10.8 Å². The molecule has 0 spiro atoms. The van der Waals surface area contributed by atoms with Crippen LogP contribution >= 0.6 is 23.2 Å². The number of carbonyl (C=O) groups is 2. The summed E-state index contributed by atoms with van der Waals surface area (Å²) in [5.41, 5.74) is 1.86. The topological polar surface area (TPSA) is 86.8 Å². The van der Waals surface area contributed by atoms with Crippen molar-refractivity contribution >= 4 is 50.7 Å². The zero-order chi connectivity index (χ0) is 34.3. The minimum Gasteiger partial charge on any atom is -0.352 e. The molecule has 252 valence electrons. The van der Waals surface area contributed by atoms with Crippen LogP contribution in [-0.2, 0) is 32.6 Å². The van der Waals surface area contributed by atoms with E-state index < -0.39 is 34.3 Å². The van der Waals surface area contributed by atoms with Crippen LogP contribution in [0.4, 0.5) is 10.1 Å². The number of amides is 2. The van der Waals surface area contributed by atoms with E-state index in [1.54, 1.807) is 30.3 Å². The maximum Gasteiger partial charge on any atom is 0.264 e. The summed E-state index contributed by atoms with van der Waals surface area (Å²) in [6.07, 6.45) is 4.90. The van der Waals surface area contributed by atoms with Crippen LogP contribution in [-0.4, -0.2) is 43.8 Å². The predicted molar refractivity (Wildman–Crippen MR) is 188 cm³/mol.